The summed E-state index contributed by atoms with van der Waals surface area (Å²) in [5, 5.41) is 12.7. The highest BCUT2D eigenvalue weighted by atomic mass is 14.9. The molecule has 0 radical (unpaired) electrons. The Morgan fingerprint density at radius 3 is 3.00 bits per heavy atom. The summed E-state index contributed by atoms with van der Waals surface area (Å²) >= 11 is 0. The number of rotatable bonds is 2. The Morgan fingerprint density at radius 1 is 1.25 bits per heavy atom. The van der Waals surface area contributed by atoms with E-state index in [0.717, 1.165) is 25.1 Å². The molecule has 0 atom stereocenters. The van der Waals surface area contributed by atoms with Crippen LogP contribution >= 0.6 is 0 Å². The van der Waals surface area contributed by atoms with Crippen molar-refractivity contribution in [3.05, 3.63) is 65.0 Å². The maximum Gasteiger partial charge on any atom is 0.101 e. The second kappa shape index (κ2) is 5.68. The first-order valence-corrected chi connectivity index (χ1v) is 6.72. The lowest BCUT2D eigenvalue weighted by molar-refractivity contribution is 0.643. The van der Waals surface area contributed by atoms with Gasteiger partial charge in [-0.3, -0.25) is 4.98 Å². The van der Waals surface area contributed by atoms with Crippen LogP contribution in [-0.4, -0.2) is 11.5 Å². The average Bonchev–Trinajstić information content (AvgIpc) is 2.53. The van der Waals surface area contributed by atoms with E-state index < -0.39 is 0 Å². The normalized spacial score (nSPS) is 14.4. The zero-order valence-electron chi connectivity index (χ0n) is 11.1. The highest BCUT2D eigenvalue weighted by molar-refractivity contribution is 5.88. The molecule has 0 spiro atoms. The van der Waals surface area contributed by atoms with Gasteiger partial charge >= 0.3 is 0 Å². The third-order valence-corrected chi connectivity index (χ3v) is 3.49. The van der Waals surface area contributed by atoms with Gasteiger partial charge in [0.2, 0.25) is 0 Å². The van der Waals surface area contributed by atoms with Crippen molar-refractivity contribution in [3.63, 3.8) is 0 Å². The van der Waals surface area contributed by atoms with Crippen LogP contribution in [0.15, 0.2) is 42.6 Å². The number of hydrogen-bond donors (Lipinski definition) is 1. The fraction of sp³-hybridized carbons (Fsp3) is 0.176. The van der Waals surface area contributed by atoms with Gasteiger partial charge in [-0.1, -0.05) is 24.3 Å². The van der Waals surface area contributed by atoms with Crippen LogP contribution in [0.4, 0.5) is 0 Å². The molecule has 0 saturated carbocycles. The minimum Gasteiger partial charge on any atom is -0.312 e. The van der Waals surface area contributed by atoms with E-state index in [2.05, 4.69) is 34.6 Å². The van der Waals surface area contributed by atoms with Crippen molar-refractivity contribution < 1.29 is 0 Å². The third-order valence-electron chi connectivity index (χ3n) is 3.49. The molecule has 1 N–H and O–H groups in total. The summed E-state index contributed by atoms with van der Waals surface area (Å²) in [6, 6.07) is 14.2. The molecule has 0 saturated heterocycles. The molecule has 2 heterocycles. The maximum absolute atomic E-state index is 9.31. The van der Waals surface area contributed by atoms with E-state index in [1.165, 1.54) is 11.1 Å². The van der Waals surface area contributed by atoms with Gasteiger partial charge in [0.25, 0.3) is 0 Å². The molecule has 1 aliphatic rings. The number of allylic oxidation sites excluding steroid dienone is 1. The molecule has 0 bridgehead atoms. The Bertz CT molecular complexity index is 681. The number of pyridine rings is 1. The predicted octanol–water partition coefficient (Wildman–Crippen LogP) is 2.79. The molecule has 2 aromatic rings. The Morgan fingerprint density at radius 2 is 2.20 bits per heavy atom. The fourth-order valence-corrected chi connectivity index (χ4v) is 2.44. The second-order valence-electron chi connectivity index (χ2n) is 4.84. The fourth-order valence-electron chi connectivity index (χ4n) is 2.44. The monoisotopic (exact) mass is 261 g/mol. The SMILES string of the molecule is N#C/C(=C\c1ccc2c(c1)CNCC2)c1ccccn1. The third kappa shape index (κ3) is 2.61. The van der Waals surface area contributed by atoms with Gasteiger partial charge in [0.05, 0.1) is 11.3 Å². The first-order chi connectivity index (χ1) is 9.86. The molecule has 0 amide bonds. The van der Waals surface area contributed by atoms with Crippen LogP contribution in [0, 0.1) is 11.3 Å². The van der Waals surface area contributed by atoms with Crippen LogP contribution in [-0.2, 0) is 13.0 Å². The van der Waals surface area contributed by atoms with Crippen molar-refractivity contribution >= 4 is 11.6 Å². The van der Waals surface area contributed by atoms with Gasteiger partial charge in [-0.15, -0.1) is 0 Å². The van der Waals surface area contributed by atoms with Gasteiger partial charge in [-0.05, 0) is 47.9 Å². The lowest BCUT2D eigenvalue weighted by atomic mass is 9.97. The molecule has 1 aromatic heterocycles. The quantitative estimate of drug-likeness (QED) is 0.846. The highest BCUT2D eigenvalue weighted by Gasteiger charge is 2.09. The first-order valence-electron chi connectivity index (χ1n) is 6.72. The standard InChI is InChI=1S/C17H15N3/c18-11-15(17-3-1-2-7-20-17)9-13-4-5-14-6-8-19-12-16(14)10-13/h1-5,7,9-10,19H,6,8,12H2/b15-9+. The van der Waals surface area contributed by atoms with E-state index in [-0.39, 0.29) is 0 Å². The summed E-state index contributed by atoms with van der Waals surface area (Å²) < 4.78 is 0. The number of fused-ring (bicyclic) bond motifs is 1. The van der Waals surface area contributed by atoms with Crippen LogP contribution in [0.1, 0.15) is 22.4 Å². The number of hydrogen-bond acceptors (Lipinski definition) is 3. The summed E-state index contributed by atoms with van der Waals surface area (Å²) in [5.74, 6) is 0. The minimum absolute atomic E-state index is 0.592. The van der Waals surface area contributed by atoms with E-state index in [1.54, 1.807) is 6.20 Å². The molecule has 3 rings (SSSR count). The summed E-state index contributed by atoms with van der Waals surface area (Å²) in [7, 11) is 0. The molecular formula is C17H15N3. The van der Waals surface area contributed by atoms with Crippen molar-refractivity contribution in [3.8, 4) is 6.07 Å². The number of nitrogens with zero attached hydrogens (tertiary/aromatic N) is 2. The highest BCUT2D eigenvalue weighted by Crippen LogP contribution is 2.20. The zero-order valence-corrected chi connectivity index (χ0v) is 11.1. The van der Waals surface area contributed by atoms with Gasteiger partial charge in [0, 0.05) is 12.7 Å². The summed E-state index contributed by atoms with van der Waals surface area (Å²) in [5.41, 5.74) is 5.08. The van der Waals surface area contributed by atoms with Crippen LogP contribution < -0.4 is 5.32 Å². The lowest BCUT2D eigenvalue weighted by Crippen LogP contribution is -2.23. The van der Waals surface area contributed by atoms with Gasteiger partial charge < -0.3 is 5.32 Å². The maximum atomic E-state index is 9.31. The number of benzene rings is 1. The predicted molar refractivity (Wildman–Crippen MR) is 79.6 cm³/mol. The molecule has 3 nitrogen and oxygen atoms in total. The Hall–Kier alpha value is -2.44. The lowest BCUT2D eigenvalue weighted by Gasteiger charge is -2.17. The number of nitrogens with one attached hydrogen (secondary N) is 1. The summed E-state index contributed by atoms with van der Waals surface area (Å²) in [4.78, 5) is 4.23. The van der Waals surface area contributed by atoms with Crippen molar-refractivity contribution in [1.29, 1.82) is 5.26 Å². The molecule has 1 aromatic carbocycles. The van der Waals surface area contributed by atoms with Crippen molar-refractivity contribution in [2.24, 2.45) is 0 Å². The van der Waals surface area contributed by atoms with Crippen molar-refractivity contribution in [1.82, 2.24) is 10.3 Å². The van der Waals surface area contributed by atoms with Gasteiger partial charge in [-0.25, -0.2) is 0 Å². The molecule has 0 unspecified atom stereocenters. The number of aromatic nitrogens is 1. The second-order valence-corrected chi connectivity index (χ2v) is 4.84. The molecule has 98 valence electrons. The van der Waals surface area contributed by atoms with Crippen LogP contribution in [0.25, 0.3) is 11.6 Å². The number of nitriles is 1. The average molecular weight is 261 g/mol. The summed E-state index contributed by atoms with van der Waals surface area (Å²) in [6.45, 7) is 1.95. The minimum atomic E-state index is 0.592. The van der Waals surface area contributed by atoms with E-state index >= 15 is 0 Å². The summed E-state index contributed by atoms with van der Waals surface area (Å²) in [6.07, 6.45) is 4.68. The smallest absolute Gasteiger partial charge is 0.101 e. The van der Waals surface area contributed by atoms with E-state index in [1.807, 2.05) is 24.3 Å². The van der Waals surface area contributed by atoms with Crippen LogP contribution in [0.2, 0.25) is 0 Å². The van der Waals surface area contributed by atoms with Gasteiger partial charge in [0.1, 0.15) is 6.07 Å². The molecule has 0 fully saturated rings. The molecule has 20 heavy (non-hydrogen) atoms. The molecule has 0 aliphatic carbocycles. The largest absolute Gasteiger partial charge is 0.312 e. The topological polar surface area (TPSA) is 48.7 Å². The van der Waals surface area contributed by atoms with Crippen LogP contribution in [0.5, 0.6) is 0 Å². The van der Waals surface area contributed by atoms with Gasteiger partial charge in [-0.2, -0.15) is 5.26 Å². The first kappa shape index (κ1) is 12.6. The van der Waals surface area contributed by atoms with Gasteiger partial charge in [0.15, 0.2) is 0 Å². The molecule has 3 heteroatoms. The van der Waals surface area contributed by atoms with E-state index in [0.29, 0.717) is 11.3 Å². The molecular weight excluding hydrogens is 246 g/mol. The van der Waals surface area contributed by atoms with E-state index in [4.69, 9.17) is 0 Å². The molecule has 1 aliphatic heterocycles. The Balaban J connectivity index is 1.96. The zero-order chi connectivity index (χ0) is 13.8. The van der Waals surface area contributed by atoms with Crippen molar-refractivity contribution in [2.75, 3.05) is 6.54 Å². The van der Waals surface area contributed by atoms with E-state index in [9.17, 15) is 5.26 Å². The van der Waals surface area contributed by atoms with Crippen molar-refractivity contribution in [2.45, 2.75) is 13.0 Å². The Kier molecular flexibility index (Phi) is 3.58. The Labute approximate surface area is 118 Å². The van der Waals surface area contributed by atoms with Crippen LogP contribution in [0.3, 0.4) is 0 Å².